The second-order valence-corrected chi connectivity index (χ2v) is 7.92. The summed E-state index contributed by atoms with van der Waals surface area (Å²) in [6.45, 7) is 6.84. The van der Waals surface area contributed by atoms with Gasteiger partial charge >= 0.3 is 6.09 Å². The number of rotatable bonds is 3. The van der Waals surface area contributed by atoms with E-state index in [-0.39, 0.29) is 12.0 Å². The van der Waals surface area contributed by atoms with E-state index in [9.17, 15) is 9.59 Å². The van der Waals surface area contributed by atoms with Crippen LogP contribution in [0.5, 0.6) is 0 Å². The van der Waals surface area contributed by atoms with E-state index in [0.29, 0.717) is 25.7 Å². The van der Waals surface area contributed by atoms with E-state index in [1.165, 1.54) is 0 Å². The molecule has 2 aliphatic heterocycles. The highest BCUT2D eigenvalue weighted by atomic mass is 16.6. The van der Waals surface area contributed by atoms with Crippen molar-refractivity contribution in [1.82, 2.24) is 19.3 Å². The van der Waals surface area contributed by atoms with Crippen LogP contribution in [0.1, 0.15) is 30.3 Å². The highest BCUT2D eigenvalue weighted by Gasteiger charge is 2.32. The van der Waals surface area contributed by atoms with Gasteiger partial charge in [0.2, 0.25) is 0 Å². The van der Waals surface area contributed by atoms with Gasteiger partial charge in [0.1, 0.15) is 5.69 Å². The first-order chi connectivity index (χ1) is 14.1. The molecule has 29 heavy (non-hydrogen) atoms. The molecule has 1 aromatic carbocycles. The number of likely N-dealkylation sites (tertiary alicyclic amines) is 1. The SMILES string of the molecule is CCOC(=O)N1CCN(C2CCCN(C(=O)c3cc4ccccc4n3C)C2)CC1. The van der Waals surface area contributed by atoms with Gasteiger partial charge in [0.15, 0.2) is 0 Å². The summed E-state index contributed by atoms with van der Waals surface area (Å²) in [6.07, 6.45) is 1.89. The Hall–Kier alpha value is -2.54. The monoisotopic (exact) mass is 398 g/mol. The molecule has 1 unspecified atom stereocenters. The van der Waals surface area contributed by atoms with Gasteiger partial charge in [-0.1, -0.05) is 18.2 Å². The number of ether oxygens (including phenoxy) is 1. The molecule has 0 aliphatic carbocycles. The molecule has 1 atom stereocenters. The van der Waals surface area contributed by atoms with E-state index in [1.807, 2.05) is 53.8 Å². The fourth-order valence-electron chi connectivity index (χ4n) is 4.58. The van der Waals surface area contributed by atoms with Gasteiger partial charge < -0.3 is 19.1 Å². The maximum atomic E-state index is 13.2. The number of hydrogen-bond donors (Lipinski definition) is 0. The predicted molar refractivity (Wildman–Crippen MR) is 112 cm³/mol. The van der Waals surface area contributed by atoms with Crippen LogP contribution in [0.25, 0.3) is 10.9 Å². The molecule has 156 valence electrons. The van der Waals surface area contributed by atoms with Gasteiger partial charge in [-0.05, 0) is 31.9 Å². The van der Waals surface area contributed by atoms with E-state index in [4.69, 9.17) is 4.74 Å². The lowest BCUT2D eigenvalue weighted by Crippen LogP contribution is -2.56. The maximum Gasteiger partial charge on any atom is 0.409 e. The van der Waals surface area contributed by atoms with Crippen molar-refractivity contribution >= 4 is 22.9 Å². The zero-order valence-electron chi connectivity index (χ0n) is 17.3. The Bertz CT molecular complexity index is 885. The van der Waals surface area contributed by atoms with Crippen LogP contribution >= 0.6 is 0 Å². The molecule has 1 aromatic heterocycles. The number of piperidine rings is 1. The Balaban J connectivity index is 1.40. The van der Waals surface area contributed by atoms with Crippen LogP contribution in [0.15, 0.2) is 30.3 Å². The molecule has 0 saturated carbocycles. The molecule has 3 heterocycles. The van der Waals surface area contributed by atoms with Crippen molar-refractivity contribution in [1.29, 1.82) is 0 Å². The molecule has 2 saturated heterocycles. The maximum absolute atomic E-state index is 13.2. The molecule has 7 heteroatoms. The Morgan fingerprint density at radius 2 is 1.83 bits per heavy atom. The molecule has 0 spiro atoms. The number of hydrogen-bond acceptors (Lipinski definition) is 4. The van der Waals surface area contributed by atoms with Crippen LogP contribution in [0.4, 0.5) is 4.79 Å². The topological polar surface area (TPSA) is 58.0 Å². The second kappa shape index (κ2) is 8.45. The largest absolute Gasteiger partial charge is 0.450 e. The number of aryl methyl sites for hydroxylation is 1. The first-order valence-electron chi connectivity index (χ1n) is 10.6. The Morgan fingerprint density at radius 1 is 1.07 bits per heavy atom. The van der Waals surface area contributed by atoms with Crippen molar-refractivity contribution in [3.63, 3.8) is 0 Å². The lowest BCUT2D eigenvalue weighted by Gasteiger charge is -2.43. The molecule has 0 bridgehead atoms. The molecule has 7 nitrogen and oxygen atoms in total. The normalized spacial score (nSPS) is 20.8. The van der Waals surface area contributed by atoms with Crippen molar-refractivity contribution in [2.45, 2.75) is 25.8 Å². The number of carbonyl (C=O) groups excluding carboxylic acids is 2. The Morgan fingerprint density at radius 3 is 2.55 bits per heavy atom. The molecular weight excluding hydrogens is 368 g/mol. The van der Waals surface area contributed by atoms with Gasteiger partial charge in [-0.2, -0.15) is 0 Å². The first-order valence-corrected chi connectivity index (χ1v) is 10.6. The van der Waals surface area contributed by atoms with E-state index >= 15 is 0 Å². The highest BCUT2D eigenvalue weighted by molar-refractivity contribution is 5.98. The minimum absolute atomic E-state index is 0.110. The van der Waals surface area contributed by atoms with Crippen LogP contribution in [0, 0.1) is 0 Å². The lowest BCUT2D eigenvalue weighted by atomic mass is 10.0. The van der Waals surface area contributed by atoms with Gasteiger partial charge in [-0.25, -0.2) is 4.79 Å². The van der Waals surface area contributed by atoms with Crippen molar-refractivity contribution < 1.29 is 14.3 Å². The zero-order chi connectivity index (χ0) is 20.4. The summed E-state index contributed by atoms with van der Waals surface area (Å²) in [5, 5.41) is 1.10. The summed E-state index contributed by atoms with van der Waals surface area (Å²) >= 11 is 0. The van der Waals surface area contributed by atoms with Gasteiger partial charge in [0, 0.05) is 63.3 Å². The van der Waals surface area contributed by atoms with E-state index in [0.717, 1.165) is 55.6 Å². The molecule has 4 rings (SSSR count). The van der Waals surface area contributed by atoms with Gasteiger partial charge in [-0.3, -0.25) is 9.69 Å². The third-order valence-electron chi connectivity index (χ3n) is 6.21. The minimum atomic E-state index is -0.219. The highest BCUT2D eigenvalue weighted by Crippen LogP contribution is 2.23. The number of piperazine rings is 1. The number of carbonyl (C=O) groups is 2. The summed E-state index contributed by atoms with van der Waals surface area (Å²) in [4.78, 5) is 31.4. The Kier molecular flexibility index (Phi) is 5.76. The average Bonchev–Trinajstić information content (AvgIpc) is 3.10. The summed E-state index contributed by atoms with van der Waals surface area (Å²) in [7, 11) is 1.96. The summed E-state index contributed by atoms with van der Waals surface area (Å²) in [6, 6.07) is 10.5. The summed E-state index contributed by atoms with van der Waals surface area (Å²) in [5.74, 6) is 0.110. The molecule has 2 fully saturated rings. The number of amides is 2. The number of aromatic nitrogens is 1. The van der Waals surface area contributed by atoms with Crippen molar-refractivity contribution in [3.05, 3.63) is 36.0 Å². The van der Waals surface area contributed by atoms with Crippen LogP contribution in [-0.4, -0.2) is 83.2 Å². The average molecular weight is 399 g/mol. The van der Waals surface area contributed by atoms with Crippen LogP contribution in [0.2, 0.25) is 0 Å². The molecular formula is C22H30N4O3. The Labute approximate surface area is 171 Å². The first kappa shape index (κ1) is 19.8. The zero-order valence-corrected chi connectivity index (χ0v) is 17.3. The lowest BCUT2D eigenvalue weighted by molar-refractivity contribution is 0.0374. The van der Waals surface area contributed by atoms with Crippen molar-refractivity contribution in [2.24, 2.45) is 7.05 Å². The fraction of sp³-hybridized carbons (Fsp3) is 0.545. The number of para-hydroxylation sites is 1. The van der Waals surface area contributed by atoms with Gasteiger partial charge in [0.05, 0.1) is 6.61 Å². The summed E-state index contributed by atoms with van der Waals surface area (Å²) < 4.78 is 7.11. The second-order valence-electron chi connectivity index (χ2n) is 7.92. The third kappa shape index (κ3) is 3.96. The predicted octanol–water partition coefficient (Wildman–Crippen LogP) is 2.56. The standard InChI is InChI=1S/C22H30N4O3/c1-3-29-22(28)25-13-11-24(12-14-25)18-8-6-10-26(16-18)21(27)20-15-17-7-4-5-9-19(17)23(20)2/h4-5,7,9,15,18H,3,6,8,10-14,16H2,1-2H3. The van der Waals surface area contributed by atoms with Crippen LogP contribution < -0.4 is 0 Å². The molecule has 2 aliphatic rings. The molecule has 0 radical (unpaired) electrons. The van der Waals surface area contributed by atoms with E-state index in [1.54, 1.807) is 4.90 Å². The third-order valence-corrected chi connectivity index (χ3v) is 6.21. The smallest absolute Gasteiger partial charge is 0.409 e. The van der Waals surface area contributed by atoms with E-state index in [2.05, 4.69) is 4.90 Å². The van der Waals surface area contributed by atoms with Crippen molar-refractivity contribution in [3.8, 4) is 0 Å². The number of nitrogens with zero attached hydrogens (tertiary/aromatic N) is 4. The molecule has 2 aromatic rings. The van der Waals surface area contributed by atoms with Crippen LogP contribution in [0.3, 0.4) is 0 Å². The fourth-order valence-corrected chi connectivity index (χ4v) is 4.58. The van der Waals surface area contributed by atoms with Crippen LogP contribution in [-0.2, 0) is 11.8 Å². The van der Waals surface area contributed by atoms with Crippen molar-refractivity contribution in [2.75, 3.05) is 45.9 Å². The van der Waals surface area contributed by atoms with E-state index < -0.39 is 0 Å². The van der Waals surface area contributed by atoms with Gasteiger partial charge in [0.25, 0.3) is 5.91 Å². The number of benzene rings is 1. The number of fused-ring (bicyclic) bond motifs is 1. The summed E-state index contributed by atoms with van der Waals surface area (Å²) in [5.41, 5.74) is 1.83. The molecule has 0 N–H and O–H groups in total. The van der Waals surface area contributed by atoms with Gasteiger partial charge in [-0.15, -0.1) is 0 Å². The quantitative estimate of drug-likeness (QED) is 0.797. The minimum Gasteiger partial charge on any atom is -0.450 e. The molecule has 2 amide bonds.